The minimum atomic E-state index is -0.887. The Bertz CT molecular complexity index is 1030. The number of primary amides is 1. The van der Waals surface area contributed by atoms with Crippen LogP contribution in [0.3, 0.4) is 0 Å². The Labute approximate surface area is 166 Å². The number of nitrogens with one attached hydrogen (secondary N) is 3. The monoisotopic (exact) mass is 452 g/mol. The number of nitrogens with two attached hydrogens (primary N) is 2. The predicted octanol–water partition coefficient (Wildman–Crippen LogP) is 1.93. The smallest absolute Gasteiger partial charge is 0.259 e. The second-order valence-corrected chi connectivity index (χ2v) is 6.22. The molecule has 2 aromatic rings. The second kappa shape index (κ2) is 9.04. The summed E-state index contributed by atoms with van der Waals surface area (Å²) in [5, 5.41) is 10.8. The largest absolute Gasteiger partial charge is 0.404 e. The molecule has 0 saturated heterocycles. The van der Waals surface area contributed by atoms with Gasteiger partial charge in [-0.3, -0.25) is 20.0 Å². The van der Waals surface area contributed by atoms with Crippen molar-refractivity contribution in [3.63, 3.8) is 0 Å². The van der Waals surface area contributed by atoms with E-state index < -0.39 is 34.5 Å². The van der Waals surface area contributed by atoms with Crippen molar-refractivity contribution in [2.75, 3.05) is 11.9 Å². The normalized spacial score (nSPS) is 11.6. The van der Waals surface area contributed by atoms with Crippen LogP contribution in [0.5, 0.6) is 0 Å². The molecule has 0 spiro atoms. The molecule has 0 radical (unpaired) electrons. The van der Waals surface area contributed by atoms with Gasteiger partial charge in [0.1, 0.15) is 23.9 Å². The Hall–Kier alpha value is -3.34. The van der Waals surface area contributed by atoms with Crippen molar-refractivity contribution in [1.82, 2.24) is 4.98 Å². The van der Waals surface area contributed by atoms with Crippen LogP contribution in [0.4, 0.5) is 20.2 Å². The van der Waals surface area contributed by atoms with Crippen molar-refractivity contribution >= 4 is 45.1 Å². The summed E-state index contributed by atoms with van der Waals surface area (Å²) in [7, 11) is 0. The van der Waals surface area contributed by atoms with E-state index in [2.05, 4.69) is 31.2 Å². The van der Waals surface area contributed by atoms with Gasteiger partial charge in [-0.2, -0.15) is 0 Å². The molecule has 0 saturated carbocycles. The number of nitrogens with zero attached hydrogens (tertiary/aromatic N) is 1. The highest BCUT2D eigenvalue weighted by Crippen LogP contribution is 2.30. The fourth-order valence-electron chi connectivity index (χ4n) is 2.18. The summed E-state index contributed by atoms with van der Waals surface area (Å²) in [5.41, 5.74) is 8.56. The molecule has 1 heterocycles. The number of benzene rings is 1. The molecule has 0 unspecified atom stereocenters. The fraction of sp³-hybridized carbons (Fsp3) is 0.0588. The van der Waals surface area contributed by atoms with Crippen molar-refractivity contribution in [3.05, 3.63) is 68.2 Å². The lowest BCUT2D eigenvalue weighted by atomic mass is 10.0. The summed E-state index contributed by atoms with van der Waals surface area (Å²) in [6.07, 6.45) is 3.36. The number of carbonyl (C=O) groups excluding carboxylic acids is 1. The van der Waals surface area contributed by atoms with Crippen LogP contribution in [0.1, 0.15) is 5.56 Å². The highest BCUT2D eigenvalue weighted by molar-refractivity contribution is 9.10. The molecule has 1 aromatic heterocycles. The summed E-state index contributed by atoms with van der Waals surface area (Å²) < 4.78 is 28.3. The first-order chi connectivity index (χ1) is 13.3. The molecule has 0 aliphatic rings. The maximum absolute atomic E-state index is 14.0. The maximum Gasteiger partial charge on any atom is 0.259 e. The number of aliphatic imine (C=N–C) groups is 1. The summed E-state index contributed by atoms with van der Waals surface area (Å²) in [6, 6.07) is 3.27. The number of carbonyl (C=O) groups is 1. The van der Waals surface area contributed by atoms with Crippen LogP contribution in [0.25, 0.3) is 0 Å². The van der Waals surface area contributed by atoms with Gasteiger partial charge < -0.3 is 21.8 Å². The number of anilines is 2. The van der Waals surface area contributed by atoms with Gasteiger partial charge in [0.15, 0.2) is 0 Å². The number of halogens is 3. The fourth-order valence-corrected chi connectivity index (χ4v) is 2.59. The van der Waals surface area contributed by atoms with E-state index in [1.54, 1.807) is 0 Å². The molecule has 146 valence electrons. The van der Waals surface area contributed by atoms with E-state index in [9.17, 15) is 18.4 Å². The van der Waals surface area contributed by atoms with E-state index in [0.717, 1.165) is 24.5 Å². The lowest BCUT2D eigenvalue weighted by Crippen LogP contribution is -2.23. The molecule has 1 aromatic carbocycles. The number of para-hydroxylation sites is 1. The van der Waals surface area contributed by atoms with Gasteiger partial charge in [0.05, 0.1) is 21.4 Å². The zero-order chi connectivity index (χ0) is 20.8. The molecule has 0 fully saturated rings. The highest BCUT2D eigenvalue weighted by atomic mass is 79.9. The number of rotatable bonds is 7. The van der Waals surface area contributed by atoms with Gasteiger partial charge in [-0.1, -0.05) is 6.07 Å². The van der Waals surface area contributed by atoms with Gasteiger partial charge in [-0.25, -0.2) is 8.78 Å². The Morgan fingerprint density at radius 2 is 1.96 bits per heavy atom. The summed E-state index contributed by atoms with van der Waals surface area (Å²) in [4.78, 5) is 29.3. The van der Waals surface area contributed by atoms with Crippen LogP contribution in [-0.2, 0) is 4.79 Å². The van der Waals surface area contributed by atoms with E-state index in [1.165, 1.54) is 12.3 Å². The van der Waals surface area contributed by atoms with Crippen molar-refractivity contribution in [1.29, 1.82) is 5.41 Å². The van der Waals surface area contributed by atoms with Crippen LogP contribution in [0, 0.1) is 17.0 Å². The number of hydrogen-bond donors (Lipinski definition) is 5. The minimum Gasteiger partial charge on any atom is -0.404 e. The summed E-state index contributed by atoms with van der Waals surface area (Å²) in [6.45, 7) is -0.342. The molecule has 0 atom stereocenters. The number of hydrogen-bond acceptors (Lipinski definition) is 6. The molecule has 28 heavy (non-hydrogen) atoms. The first-order valence-corrected chi connectivity index (χ1v) is 8.47. The molecule has 11 heteroatoms. The van der Waals surface area contributed by atoms with E-state index >= 15 is 0 Å². The van der Waals surface area contributed by atoms with Crippen molar-refractivity contribution in [2.45, 2.75) is 0 Å². The molecule has 0 aliphatic carbocycles. The van der Waals surface area contributed by atoms with Crippen LogP contribution in [-0.4, -0.2) is 29.4 Å². The molecular formula is C17H15BrF2N6O2. The Morgan fingerprint density at radius 1 is 1.32 bits per heavy atom. The first-order valence-electron chi connectivity index (χ1n) is 7.67. The van der Waals surface area contributed by atoms with E-state index in [4.69, 9.17) is 16.9 Å². The number of H-pyrrole nitrogens is 1. The average molecular weight is 453 g/mol. The quantitative estimate of drug-likeness (QED) is 0.407. The maximum atomic E-state index is 14.0. The number of amides is 1. The van der Waals surface area contributed by atoms with E-state index in [0.29, 0.717) is 0 Å². The van der Waals surface area contributed by atoms with E-state index in [-0.39, 0.29) is 27.8 Å². The van der Waals surface area contributed by atoms with Crippen molar-refractivity contribution < 1.29 is 13.6 Å². The zero-order valence-electron chi connectivity index (χ0n) is 14.2. The number of pyridine rings is 1. The van der Waals surface area contributed by atoms with Gasteiger partial charge in [0.25, 0.3) is 5.56 Å². The number of aromatic amines is 1. The third-order valence-corrected chi connectivity index (χ3v) is 4.08. The third kappa shape index (κ3) is 4.68. The molecule has 0 aliphatic heterocycles. The second-order valence-electron chi connectivity index (χ2n) is 5.37. The highest BCUT2D eigenvalue weighted by Gasteiger charge is 2.20. The molecule has 2 rings (SSSR count). The molecule has 1 amide bonds. The Balaban J connectivity index is 2.54. The first kappa shape index (κ1) is 21.0. The molecule has 0 bridgehead atoms. The van der Waals surface area contributed by atoms with Gasteiger partial charge in [0.2, 0.25) is 5.91 Å². The lowest BCUT2D eigenvalue weighted by Gasteiger charge is -2.15. The molecular weight excluding hydrogens is 438 g/mol. The third-order valence-electron chi connectivity index (χ3n) is 3.45. The van der Waals surface area contributed by atoms with Gasteiger partial charge in [0, 0.05) is 24.2 Å². The Morgan fingerprint density at radius 3 is 2.54 bits per heavy atom. The van der Waals surface area contributed by atoms with Crippen LogP contribution in [0.15, 0.2) is 50.4 Å². The summed E-state index contributed by atoms with van der Waals surface area (Å²) in [5.74, 6) is -2.47. The average Bonchev–Trinajstić information content (AvgIpc) is 2.64. The van der Waals surface area contributed by atoms with Crippen LogP contribution in [0.2, 0.25) is 0 Å². The van der Waals surface area contributed by atoms with Gasteiger partial charge in [-0.15, -0.1) is 0 Å². The number of allylic oxidation sites excluding steroid dienone is 1. The minimum absolute atomic E-state index is 0.0121. The van der Waals surface area contributed by atoms with Crippen molar-refractivity contribution in [2.24, 2.45) is 16.5 Å². The predicted molar refractivity (Wildman–Crippen MR) is 106 cm³/mol. The SMILES string of the molecule is N=C(C(C=NCC(N)=O)=CN)c1c(Nc2c(F)cccc2F)c(Br)c[nH]c1=O. The van der Waals surface area contributed by atoms with E-state index in [1.807, 2.05) is 0 Å². The van der Waals surface area contributed by atoms with Crippen LogP contribution >= 0.6 is 15.9 Å². The molecule has 8 nitrogen and oxygen atoms in total. The van der Waals surface area contributed by atoms with Crippen LogP contribution < -0.4 is 22.3 Å². The standard InChI is InChI=1S/C17H15BrF2N6O2/c18-9-6-25-17(28)13(14(23)8(4-21)5-24-7-12(22)27)15(9)26-16-10(19)2-1-3-11(16)20/h1-6,23H,7,21H2,(H2,22,27)(H2,25,26,28). The topological polar surface area (TPSA) is 150 Å². The van der Waals surface area contributed by atoms with Gasteiger partial charge >= 0.3 is 0 Å². The lowest BCUT2D eigenvalue weighted by molar-refractivity contribution is -0.116. The summed E-state index contributed by atoms with van der Waals surface area (Å²) >= 11 is 3.18. The zero-order valence-corrected chi connectivity index (χ0v) is 15.8. The van der Waals surface area contributed by atoms with Crippen molar-refractivity contribution in [3.8, 4) is 0 Å². The molecule has 7 N–H and O–H groups in total. The Kier molecular flexibility index (Phi) is 6.77. The van der Waals surface area contributed by atoms with Gasteiger partial charge in [-0.05, 0) is 28.1 Å². The number of aromatic nitrogens is 1.